The summed E-state index contributed by atoms with van der Waals surface area (Å²) in [7, 11) is 0. The van der Waals surface area contributed by atoms with Crippen molar-refractivity contribution in [2.24, 2.45) is 0 Å². The van der Waals surface area contributed by atoms with E-state index in [9.17, 15) is 57.8 Å². The van der Waals surface area contributed by atoms with Crippen molar-refractivity contribution in [2.75, 3.05) is 5.75 Å². The average molecular weight is 926 g/mol. The van der Waals surface area contributed by atoms with E-state index in [4.69, 9.17) is 0 Å². The SMILES string of the molecule is CC1(O)C=CC(C[SH+]Cc2ccccc2)=CC1.Fc1c(F)c(F)c([B-](c2c(F)c(F)c(F)c(F)c2F)(c2c(F)c(F)c(F)c(F)c2F)c2c(F)c(F)c(F)c(F)c2F)c(F)c1F. The molecular formula is C39H19BF20OS. The number of rotatable bonds is 8. The van der Waals surface area contributed by atoms with Crippen molar-refractivity contribution < 1.29 is 92.9 Å². The fraction of sp³-hybridized carbons (Fsp3) is 0.128. The summed E-state index contributed by atoms with van der Waals surface area (Å²) in [6.07, 6.45) is -0.370. The molecule has 1 aliphatic carbocycles. The Morgan fingerprint density at radius 1 is 0.435 bits per heavy atom. The summed E-state index contributed by atoms with van der Waals surface area (Å²) in [5.41, 5.74) is -12.2. The predicted molar refractivity (Wildman–Crippen MR) is 185 cm³/mol. The van der Waals surface area contributed by atoms with E-state index < -0.39 is 150 Å². The first-order valence-electron chi connectivity index (χ1n) is 16.9. The van der Waals surface area contributed by atoms with Gasteiger partial charge in [-0.05, 0) is 30.7 Å². The van der Waals surface area contributed by atoms with E-state index in [-0.39, 0.29) is 0 Å². The molecule has 0 heterocycles. The number of hydrogen-bond acceptors (Lipinski definition) is 1. The minimum atomic E-state index is -7.22. The molecule has 0 fully saturated rings. The van der Waals surface area contributed by atoms with Crippen molar-refractivity contribution in [1.82, 2.24) is 0 Å². The highest BCUT2D eigenvalue weighted by atomic mass is 32.2. The maximum atomic E-state index is 15.4. The Hall–Kier alpha value is -5.45. The smallest absolute Gasteiger partial charge is 0.200 e. The van der Waals surface area contributed by atoms with Crippen molar-refractivity contribution in [3.8, 4) is 0 Å². The molecule has 5 aromatic carbocycles. The van der Waals surface area contributed by atoms with E-state index in [1.165, 1.54) is 22.9 Å². The van der Waals surface area contributed by atoms with Crippen LogP contribution in [0, 0.1) is 116 Å². The molecule has 1 N–H and O–H groups in total. The lowest BCUT2D eigenvalue weighted by Crippen LogP contribution is -2.81. The van der Waals surface area contributed by atoms with Crippen molar-refractivity contribution in [1.29, 1.82) is 0 Å². The third-order valence-corrected chi connectivity index (χ3v) is 10.8. The molecule has 5 aromatic rings. The van der Waals surface area contributed by atoms with Crippen LogP contribution in [-0.2, 0) is 17.5 Å². The second-order valence-corrected chi connectivity index (χ2v) is 14.6. The normalized spacial score (nSPS) is 15.2. The zero-order valence-electron chi connectivity index (χ0n) is 30.3. The van der Waals surface area contributed by atoms with Crippen LogP contribution in [-0.4, -0.2) is 22.6 Å². The Bertz CT molecular complexity index is 2290. The van der Waals surface area contributed by atoms with Gasteiger partial charge < -0.3 is 5.11 Å². The largest absolute Gasteiger partial charge is 0.386 e. The quantitative estimate of drug-likeness (QED) is 0.0414. The first kappa shape index (κ1) is 47.6. The fourth-order valence-electron chi connectivity index (χ4n) is 6.65. The van der Waals surface area contributed by atoms with Crippen molar-refractivity contribution >= 4 is 39.8 Å². The van der Waals surface area contributed by atoms with E-state index in [1.54, 1.807) is 0 Å². The highest BCUT2D eigenvalue weighted by molar-refractivity contribution is 7.77. The number of benzene rings is 5. The lowest BCUT2D eigenvalue weighted by Gasteiger charge is -2.44. The van der Waals surface area contributed by atoms with Gasteiger partial charge >= 0.3 is 0 Å². The monoisotopic (exact) mass is 926 g/mol. The minimum absolute atomic E-state index is 0.639. The molecule has 1 aliphatic rings. The maximum absolute atomic E-state index is 15.4. The number of halogens is 20. The average Bonchev–Trinajstić information content (AvgIpc) is 3.24. The highest BCUT2D eigenvalue weighted by Crippen LogP contribution is 2.31. The maximum Gasteiger partial charge on any atom is 0.200 e. The molecule has 0 saturated heterocycles. The Kier molecular flexibility index (Phi) is 13.6. The van der Waals surface area contributed by atoms with Crippen LogP contribution in [0.5, 0.6) is 0 Å². The van der Waals surface area contributed by atoms with Crippen LogP contribution in [0.1, 0.15) is 18.9 Å². The molecule has 0 spiro atoms. The van der Waals surface area contributed by atoms with Gasteiger partial charge in [0.1, 0.15) is 64.2 Å². The van der Waals surface area contributed by atoms with Crippen LogP contribution in [0.4, 0.5) is 87.8 Å². The second-order valence-electron chi connectivity index (χ2n) is 13.5. The van der Waals surface area contributed by atoms with Gasteiger partial charge in [-0.25, -0.2) is 87.8 Å². The van der Waals surface area contributed by atoms with Crippen LogP contribution in [0.2, 0.25) is 0 Å². The van der Waals surface area contributed by atoms with Crippen molar-refractivity contribution in [2.45, 2.75) is 24.7 Å². The van der Waals surface area contributed by atoms with Gasteiger partial charge in [0.05, 0.1) is 5.60 Å². The molecule has 0 bridgehead atoms. The molecule has 0 saturated carbocycles. The van der Waals surface area contributed by atoms with Gasteiger partial charge in [-0.2, -0.15) is 0 Å². The van der Waals surface area contributed by atoms with E-state index >= 15 is 35.1 Å². The molecule has 0 amide bonds. The van der Waals surface area contributed by atoms with E-state index in [0.29, 0.717) is 0 Å². The van der Waals surface area contributed by atoms with Crippen LogP contribution < -0.4 is 21.9 Å². The van der Waals surface area contributed by atoms with Gasteiger partial charge in [0, 0.05) is 5.56 Å². The summed E-state index contributed by atoms with van der Waals surface area (Å²) >= 11 is 1.42. The van der Waals surface area contributed by atoms with Crippen LogP contribution in [0.25, 0.3) is 0 Å². The molecule has 0 aliphatic heterocycles. The molecule has 0 aromatic heterocycles. The molecular weight excluding hydrogens is 907 g/mol. The summed E-state index contributed by atoms with van der Waals surface area (Å²) in [5.74, 6) is -69.2. The highest BCUT2D eigenvalue weighted by Gasteiger charge is 2.52. The van der Waals surface area contributed by atoms with Gasteiger partial charge in [-0.15, -0.1) is 21.9 Å². The van der Waals surface area contributed by atoms with E-state index in [1.807, 2.05) is 13.0 Å². The molecule has 1 unspecified atom stereocenters. The Labute approximate surface area is 338 Å². The second kappa shape index (κ2) is 17.7. The molecule has 1 nitrogen and oxygen atoms in total. The van der Waals surface area contributed by atoms with Crippen LogP contribution in [0.15, 0.2) is 54.1 Å². The summed E-state index contributed by atoms with van der Waals surface area (Å²) in [4.78, 5) is 0. The van der Waals surface area contributed by atoms with Gasteiger partial charge in [0.15, 0.2) is 69.8 Å². The third-order valence-electron chi connectivity index (χ3n) is 9.57. The standard InChI is InChI=1S/C24BF20.C15H18OS/c26-5-1(6(27)14(35)21(42)13(5)34)25(2-7(28)15(36)22(43)16(37)8(2)29,3-9(30)17(38)23(44)18(39)10(3)31)4-11(32)19(40)24(45)20(41)12(4)33;1-15(16)9-7-14(8-10-15)12-17-11-13-5-3-2-4-6-13/h;2-9,16H,10-12H2,1H3/q-1;/p+1. The van der Waals surface area contributed by atoms with E-state index in [0.717, 1.165) is 17.9 Å². The third kappa shape index (κ3) is 7.92. The van der Waals surface area contributed by atoms with Crippen LogP contribution in [0.3, 0.4) is 0 Å². The molecule has 6 rings (SSSR count). The van der Waals surface area contributed by atoms with Crippen molar-refractivity contribution in [3.05, 3.63) is 176 Å². The van der Waals surface area contributed by atoms with E-state index in [2.05, 4.69) is 42.5 Å². The molecule has 62 heavy (non-hydrogen) atoms. The summed E-state index contributed by atoms with van der Waals surface area (Å²) in [6, 6.07) is 10.6. The lowest BCUT2D eigenvalue weighted by molar-refractivity contribution is 0.113. The molecule has 330 valence electrons. The zero-order valence-corrected chi connectivity index (χ0v) is 31.2. The van der Waals surface area contributed by atoms with Gasteiger partial charge in [0.25, 0.3) is 0 Å². The van der Waals surface area contributed by atoms with Crippen LogP contribution >= 0.6 is 0 Å². The Morgan fingerprint density at radius 3 is 0.968 bits per heavy atom. The molecule has 1 atom stereocenters. The molecule has 23 heteroatoms. The number of thiol groups is 1. The zero-order chi connectivity index (χ0) is 46.5. The van der Waals surface area contributed by atoms with Gasteiger partial charge in [-0.1, -0.05) is 48.6 Å². The molecule has 0 radical (unpaired) electrons. The number of allylic oxidation sites excluding steroid dienone is 1. The summed E-state index contributed by atoms with van der Waals surface area (Å²) in [5, 5.41) is 9.76. The minimum Gasteiger partial charge on any atom is -0.386 e. The lowest BCUT2D eigenvalue weighted by atomic mass is 9.12. The summed E-state index contributed by atoms with van der Waals surface area (Å²) in [6.45, 7) is 1.85. The first-order chi connectivity index (χ1) is 28.9. The summed E-state index contributed by atoms with van der Waals surface area (Å²) < 4.78 is 294. The number of hydrogen-bond donors (Lipinski definition) is 1. The van der Waals surface area contributed by atoms with Crippen molar-refractivity contribution in [3.63, 3.8) is 0 Å². The van der Waals surface area contributed by atoms with Gasteiger partial charge in [0.2, 0.25) is 0 Å². The Balaban J connectivity index is 0.000000355. The predicted octanol–water partition coefficient (Wildman–Crippen LogP) is 8.48. The fourth-order valence-corrected chi connectivity index (χ4v) is 7.72. The Morgan fingerprint density at radius 2 is 0.710 bits per heavy atom. The topological polar surface area (TPSA) is 20.2 Å². The first-order valence-corrected chi connectivity index (χ1v) is 18.1. The number of aliphatic hydroxyl groups is 1. The van der Waals surface area contributed by atoms with Gasteiger partial charge in [-0.3, -0.25) is 0 Å².